The van der Waals surface area contributed by atoms with Gasteiger partial charge in [0.2, 0.25) is 0 Å². The van der Waals surface area contributed by atoms with Gasteiger partial charge >= 0.3 is 0 Å². The van der Waals surface area contributed by atoms with Crippen LogP contribution in [0.2, 0.25) is 0 Å². The Morgan fingerprint density at radius 3 is 2.38 bits per heavy atom. The molecule has 37 heavy (non-hydrogen) atoms. The largest absolute Gasteiger partial charge is 0.294 e. The fraction of sp³-hybridized carbons (Fsp3) is 0.160. The number of amides is 1. The summed E-state index contributed by atoms with van der Waals surface area (Å²) >= 11 is 0. The van der Waals surface area contributed by atoms with Crippen LogP contribution in [0, 0.1) is 22.7 Å². The van der Waals surface area contributed by atoms with E-state index in [9.17, 15) is 33.1 Å². The van der Waals surface area contributed by atoms with E-state index in [0.717, 1.165) is 28.3 Å². The number of nitrogens with one attached hydrogen (secondary N) is 1. The first-order chi connectivity index (χ1) is 17.7. The zero-order valence-electron chi connectivity index (χ0n) is 19.4. The molecule has 2 aromatic rings. The number of nitriles is 2. The molecular weight excluding hydrogens is 496 g/mol. The summed E-state index contributed by atoms with van der Waals surface area (Å²) in [5, 5.41) is 27.2. The Morgan fingerprint density at radius 2 is 1.84 bits per heavy atom. The lowest BCUT2D eigenvalue weighted by Gasteiger charge is -2.13. The van der Waals surface area contributed by atoms with E-state index >= 15 is 0 Å². The number of nitrogens with zero attached hydrogens (tertiary/aromatic N) is 5. The van der Waals surface area contributed by atoms with Crippen LogP contribution in [0.4, 0.5) is 5.69 Å². The van der Waals surface area contributed by atoms with E-state index < -0.39 is 16.0 Å². The van der Waals surface area contributed by atoms with Gasteiger partial charge in [-0.2, -0.15) is 29.1 Å². The minimum absolute atomic E-state index is 0.105. The lowest BCUT2D eigenvalue weighted by Crippen LogP contribution is -2.22. The molecule has 0 radical (unpaired) electrons. The third kappa shape index (κ3) is 4.04. The van der Waals surface area contributed by atoms with E-state index in [1.165, 1.54) is 16.8 Å². The molecule has 0 saturated carbocycles. The molecule has 0 fully saturated rings. The average Bonchev–Trinajstić information content (AvgIpc) is 3.25. The molecule has 5 rings (SSSR count). The van der Waals surface area contributed by atoms with Gasteiger partial charge in [-0.15, -0.1) is 0 Å². The first-order valence-electron chi connectivity index (χ1n) is 11.2. The standard InChI is InChI=1S/C25H18N6O5S/c1-2-14(3-9-18-20(12-26)28-31(24(18)32)22-10-4-15-11-19(15)22)23-21(13-27)29-30(25(23)33)16-5-7-17(8-6-16)37(34,35)36/h4-8,10-11,28H,2-3,9H2,1H3,(H,34,35,36). The van der Waals surface area contributed by atoms with Gasteiger partial charge in [-0.1, -0.05) is 18.6 Å². The maximum absolute atomic E-state index is 13.3. The number of anilines is 1. The summed E-state index contributed by atoms with van der Waals surface area (Å²) in [6.07, 6.45) is 0.795. The van der Waals surface area contributed by atoms with Crippen LogP contribution in [-0.2, 0) is 21.3 Å². The monoisotopic (exact) mass is 514 g/mol. The Kier molecular flexibility index (Phi) is 5.63. The second-order valence-corrected chi connectivity index (χ2v) is 9.85. The van der Waals surface area contributed by atoms with Crippen LogP contribution < -0.4 is 10.6 Å². The lowest BCUT2D eigenvalue weighted by atomic mass is 9.95. The molecule has 12 heteroatoms. The average molecular weight is 515 g/mol. The molecule has 2 heterocycles. The van der Waals surface area contributed by atoms with Crippen molar-refractivity contribution in [1.82, 2.24) is 9.78 Å². The summed E-state index contributed by atoms with van der Waals surface area (Å²) in [7, 11) is -4.41. The summed E-state index contributed by atoms with van der Waals surface area (Å²) in [5.41, 5.74) is 3.54. The second kappa shape index (κ2) is 8.71. The summed E-state index contributed by atoms with van der Waals surface area (Å²) < 4.78 is 33.1. The van der Waals surface area contributed by atoms with Gasteiger partial charge in [-0.25, -0.2) is 4.68 Å². The quantitative estimate of drug-likeness (QED) is 0.282. The minimum Gasteiger partial charge on any atom is -0.282 e. The third-order valence-corrected chi connectivity index (χ3v) is 7.22. The number of rotatable bonds is 7. The molecule has 0 spiro atoms. The van der Waals surface area contributed by atoms with Crippen molar-refractivity contribution in [3.63, 3.8) is 0 Å². The molecule has 184 valence electrons. The van der Waals surface area contributed by atoms with E-state index in [1.807, 2.05) is 31.2 Å². The highest BCUT2D eigenvalue weighted by Crippen LogP contribution is 2.40. The first kappa shape index (κ1) is 23.9. The molecule has 11 nitrogen and oxygen atoms in total. The van der Waals surface area contributed by atoms with Crippen molar-refractivity contribution in [1.29, 1.82) is 10.5 Å². The van der Waals surface area contributed by atoms with Gasteiger partial charge in [0.15, 0.2) is 5.71 Å². The van der Waals surface area contributed by atoms with Gasteiger partial charge in [-0.05, 0) is 61.2 Å². The van der Waals surface area contributed by atoms with Crippen LogP contribution in [0.1, 0.15) is 31.0 Å². The fourth-order valence-corrected chi connectivity index (χ4v) is 4.87. The number of carbonyl (C=O) groups excluding carboxylic acids is 1. The van der Waals surface area contributed by atoms with E-state index in [-0.39, 0.29) is 51.5 Å². The molecule has 1 aromatic heterocycles. The van der Waals surface area contributed by atoms with Crippen LogP contribution in [0.3, 0.4) is 0 Å². The van der Waals surface area contributed by atoms with Crippen molar-refractivity contribution < 1.29 is 17.8 Å². The fourth-order valence-electron chi connectivity index (χ4n) is 4.39. The van der Waals surface area contributed by atoms with E-state index in [0.29, 0.717) is 17.7 Å². The van der Waals surface area contributed by atoms with Crippen molar-refractivity contribution >= 4 is 27.4 Å². The number of carbonyl (C=O) groups is 1. The zero-order valence-corrected chi connectivity index (χ0v) is 20.2. The molecule has 0 saturated heterocycles. The number of hydrogen-bond donors (Lipinski definition) is 2. The maximum atomic E-state index is 13.3. The summed E-state index contributed by atoms with van der Waals surface area (Å²) in [6.45, 7) is 1.81. The minimum atomic E-state index is -4.41. The highest BCUT2D eigenvalue weighted by Gasteiger charge is 2.34. The van der Waals surface area contributed by atoms with Gasteiger partial charge in [0.1, 0.15) is 17.8 Å². The molecule has 1 amide bonds. The lowest BCUT2D eigenvalue weighted by molar-refractivity contribution is -0.114. The van der Waals surface area contributed by atoms with Gasteiger partial charge in [-0.3, -0.25) is 19.2 Å². The predicted molar refractivity (Wildman–Crippen MR) is 133 cm³/mol. The molecule has 0 bridgehead atoms. The second-order valence-electron chi connectivity index (χ2n) is 8.43. The van der Waals surface area contributed by atoms with Gasteiger partial charge < -0.3 is 0 Å². The molecule has 2 N–H and O–H groups in total. The molecule has 1 aromatic carbocycles. The molecule has 2 aliphatic carbocycles. The Morgan fingerprint density at radius 1 is 1.11 bits per heavy atom. The van der Waals surface area contributed by atoms with E-state index in [1.54, 1.807) is 6.07 Å². The van der Waals surface area contributed by atoms with E-state index in [2.05, 4.69) is 10.2 Å². The number of aromatic amines is 1. The van der Waals surface area contributed by atoms with Crippen molar-refractivity contribution in [2.24, 2.45) is 5.10 Å². The molecule has 0 atom stereocenters. The smallest absolute Gasteiger partial charge is 0.282 e. The SMILES string of the molecule is CCC(CCc1c(C#N)[nH]n(-c2ccc3cc2-3)c1=O)=C1C(=O)N(c2ccc(S(=O)(=O)O)cc2)N=C1C#N. The highest BCUT2D eigenvalue weighted by atomic mass is 32.2. The number of H-pyrrole nitrogens is 1. The molecule has 0 unspecified atom stereocenters. The van der Waals surface area contributed by atoms with Gasteiger partial charge in [0.25, 0.3) is 21.6 Å². The summed E-state index contributed by atoms with van der Waals surface area (Å²) in [4.78, 5) is 26.0. The number of allylic oxidation sites excluding steroid dienone is 1. The number of hydrogen-bond acceptors (Lipinski definition) is 7. The molecule has 1 aliphatic heterocycles. The van der Waals surface area contributed by atoms with E-state index in [4.69, 9.17) is 0 Å². The van der Waals surface area contributed by atoms with Crippen LogP contribution in [0.5, 0.6) is 0 Å². The number of hydrazone groups is 1. The predicted octanol–water partition coefficient (Wildman–Crippen LogP) is 2.83. The summed E-state index contributed by atoms with van der Waals surface area (Å²) in [6, 6.07) is 14.4. The number of fused-ring (bicyclic) bond motifs is 1. The van der Waals surface area contributed by atoms with Gasteiger partial charge in [0.05, 0.1) is 27.4 Å². The Labute approximate surface area is 210 Å². The van der Waals surface area contributed by atoms with Crippen LogP contribution in [0.15, 0.2) is 68.4 Å². The van der Waals surface area contributed by atoms with Crippen molar-refractivity contribution in [2.45, 2.75) is 31.1 Å². The Bertz CT molecular complexity index is 1800. The van der Waals surface area contributed by atoms with Crippen LogP contribution in [-0.4, -0.2) is 34.4 Å². The highest BCUT2D eigenvalue weighted by molar-refractivity contribution is 7.85. The van der Waals surface area contributed by atoms with Crippen LogP contribution in [0.25, 0.3) is 16.8 Å². The van der Waals surface area contributed by atoms with Crippen molar-refractivity contribution in [3.8, 4) is 29.0 Å². The first-order valence-corrected chi connectivity index (χ1v) is 12.6. The van der Waals surface area contributed by atoms with Gasteiger partial charge in [0, 0.05) is 5.56 Å². The molecular formula is C25H18N6O5S. The molecule has 3 aliphatic rings. The number of aromatic nitrogens is 2. The third-order valence-electron chi connectivity index (χ3n) is 6.35. The Balaban J connectivity index is 1.44. The summed E-state index contributed by atoms with van der Waals surface area (Å²) in [5.74, 6) is -0.574. The topological polar surface area (TPSA) is 172 Å². The van der Waals surface area contributed by atoms with Crippen LogP contribution >= 0.6 is 0 Å². The normalized spacial score (nSPS) is 15.3. The zero-order chi connectivity index (χ0) is 26.5. The number of benzene rings is 2. The maximum Gasteiger partial charge on any atom is 0.294 e. The Hall–Kier alpha value is -4.78. The van der Waals surface area contributed by atoms with Crippen molar-refractivity contribution in [3.05, 3.63) is 75.2 Å². The van der Waals surface area contributed by atoms with Crippen molar-refractivity contribution in [2.75, 3.05) is 5.01 Å².